The van der Waals surface area contributed by atoms with E-state index in [4.69, 9.17) is 4.74 Å². The van der Waals surface area contributed by atoms with E-state index in [-0.39, 0.29) is 0 Å². The molecule has 1 aliphatic heterocycles. The quantitative estimate of drug-likeness (QED) is 0.204. The molecule has 210 valence electrons. The number of nitrogens with zero attached hydrogens (tertiary/aromatic N) is 1. The molecule has 2 heteroatoms. The Kier molecular flexibility index (Phi) is 4.95. The molecule has 2 nitrogen and oxygen atoms in total. The van der Waals surface area contributed by atoms with Gasteiger partial charge in [0.25, 0.3) is 0 Å². The third-order valence-electron chi connectivity index (χ3n) is 9.86. The lowest BCUT2D eigenvalue weighted by Crippen LogP contribution is -2.28. The van der Waals surface area contributed by atoms with Gasteiger partial charge in [0, 0.05) is 11.3 Å². The molecule has 7 aromatic carbocycles. The van der Waals surface area contributed by atoms with Gasteiger partial charge in [0.1, 0.15) is 0 Å². The van der Waals surface area contributed by atoms with Gasteiger partial charge in [-0.15, -0.1) is 0 Å². The minimum atomic E-state index is -0.499. The smallest absolute Gasteiger partial charge is 0.156 e. The van der Waals surface area contributed by atoms with Gasteiger partial charge in [-0.05, 0) is 80.4 Å². The van der Waals surface area contributed by atoms with Crippen molar-refractivity contribution in [2.45, 2.75) is 5.41 Å². The number of para-hydroxylation sites is 1. The first kappa shape index (κ1) is 24.6. The molecule has 0 saturated carbocycles. The fourth-order valence-electron chi connectivity index (χ4n) is 8.11. The average molecular weight is 574 g/mol. The highest BCUT2D eigenvalue weighted by atomic mass is 16.5. The summed E-state index contributed by atoms with van der Waals surface area (Å²) in [7, 11) is 0. The van der Waals surface area contributed by atoms with E-state index in [2.05, 4.69) is 169 Å². The molecule has 0 radical (unpaired) electrons. The van der Waals surface area contributed by atoms with E-state index < -0.39 is 5.41 Å². The largest absolute Gasteiger partial charge is 0.453 e. The predicted octanol–water partition coefficient (Wildman–Crippen LogP) is 11.3. The molecule has 0 aromatic heterocycles. The molecule has 45 heavy (non-hydrogen) atoms. The van der Waals surface area contributed by atoms with Gasteiger partial charge >= 0.3 is 0 Å². The van der Waals surface area contributed by atoms with Crippen LogP contribution in [0.2, 0.25) is 0 Å². The maximum atomic E-state index is 7.24. The van der Waals surface area contributed by atoms with E-state index in [0.717, 1.165) is 34.1 Å². The highest BCUT2D eigenvalue weighted by Gasteiger charge is 2.54. The first-order valence-electron chi connectivity index (χ1n) is 15.5. The van der Waals surface area contributed by atoms with Gasteiger partial charge in [0.15, 0.2) is 11.5 Å². The molecule has 2 aliphatic carbocycles. The minimum Gasteiger partial charge on any atom is -0.453 e. The third-order valence-corrected chi connectivity index (χ3v) is 9.86. The summed E-state index contributed by atoms with van der Waals surface area (Å²) in [6.07, 6.45) is 0. The Morgan fingerprint density at radius 2 is 0.956 bits per heavy atom. The van der Waals surface area contributed by atoms with E-state index in [0.29, 0.717) is 0 Å². The van der Waals surface area contributed by atoms with Crippen LogP contribution in [0.1, 0.15) is 22.3 Å². The number of fused-ring (bicyclic) bond motifs is 13. The van der Waals surface area contributed by atoms with E-state index in [1.54, 1.807) is 0 Å². The summed E-state index contributed by atoms with van der Waals surface area (Å²) in [6, 6.07) is 59.2. The molecule has 7 aromatic rings. The van der Waals surface area contributed by atoms with Crippen LogP contribution in [0.15, 0.2) is 164 Å². The van der Waals surface area contributed by atoms with Gasteiger partial charge < -0.3 is 9.64 Å². The van der Waals surface area contributed by atoms with Crippen LogP contribution in [0.4, 0.5) is 17.1 Å². The van der Waals surface area contributed by atoms with Crippen molar-refractivity contribution in [2.75, 3.05) is 4.90 Å². The monoisotopic (exact) mass is 573 g/mol. The minimum absolute atomic E-state index is 0.499. The lowest BCUT2D eigenvalue weighted by molar-refractivity contribution is 0.466. The Morgan fingerprint density at radius 1 is 0.422 bits per heavy atom. The summed E-state index contributed by atoms with van der Waals surface area (Å²) < 4.78 is 7.24. The number of rotatable bonds is 2. The number of anilines is 3. The second kappa shape index (κ2) is 9.07. The van der Waals surface area contributed by atoms with Crippen molar-refractivity contribution >= 4 is 17.1 Å². The van der Waals surface area contributed by atoms with Crippen LogP contribution in [0.25, 0.3) is 33.4 Å². The van der Waals surface area contributed by atoms with Gasteiger partial charge in [-0.25, -0.2) is 0 Å². The number of hydrogen-bond donors (Lipinski definition) is 0. The molecule has 0 N–H and O–H groups in total. The second-order valence-electron chi connectivity index (χ2n) is 12.0. The Morgan fingerprint density at radius 3 is 1.60 bits per heavy atom. The highest BCUT2D eigenvalue weighted by Crippen LogP contribution is 2.67. The zero-order chi connectivity index (χ0) is 29.5. The molecular weight excluding hydrogens is 546 g/mol. The first-order valence-corrected chi connectivity index (χ1v) is 15.5. The van der Waals surface area contributed by atoms with Crippen molar-refractivity contribution in [1.82, 2.24) is 0 Å². The summed E-state index contributed by atoms with van der Waals surface area (Å²) in [5.74, 6) is 1.77. The maximum absolute atomic E-state index is 7.24. The summed E-state index contributed by atoms with van der Waals surface area (Å²) >= 11 is 0. The second-order valence-corrected chi connectivity index (χ2v) is 12.0. The van der Waals surface area contributed by atoms with Crippen molar-refractivity contribution in [3.05, 3.63) is 186 Å². The van der Waals surface area contributed by atoms with Gasteiger partial charge in [-0.3, -0.25) is 0 Å². The van der Waals surface area contributed by atoms with E-state index >= 15 is 0 Å². The Balaban J connectivity index is 1.32. The van der Waals surface area contributed by atoms with Crippen LogP contribution in [-0.2, 0) is 5.41 Å². The molecular formula is C43H27NO. The van der Waals surface area contributed by atoms with Gasteiger partial charge in [0.05, 0.1) is 16.8 Å². The predicted molar refractivity (Wildman–Crippen MR) is 183 cm³/mol. The van der Waals surface area contributed by atoms with Crippen LogP contribution >= 0.6 is 0 Å². The van der Waals surface area contributed by atoms with Gasteiger partial charge in [-0.2, -0.15) is 0 Å². The van der Waals surface area contributed by atoms with Gasteiger partial charge in [-0.1, -0.05) is 133 Å². The lowest BCUT2D eigenvalue weighted by Gasteiger charge is -2.37. The van der Waals surface area contributed by atoms with Crippen molar-refractivity contribution < 1.29 is 4.74 Å². The van der Waals surface area contributed by atoms with Crippen LogP contribution in [0.5, 0.6) is 11.5 Å². The number of benzene rings is 7. The molecule has 1 spiro atoms. The average Bonchev–Trinajstić information content (AvgIpc) is 3.59. The molecule has 1 heterocycles. The summed E-state index contributed by atoms with van der Waals surface area (Å²) in [5, 5.41) is 0. The highest BCUT2D eigenvalue weighted by molar-refractivity contribution is 6.00. The topological polar surface area (TPSA) is 12.5 Å². The van der Waals surface area contributed by atoms with Crippen LogP contribution in [0.3, 0.4) is 0 Å². The molecule has 0 unspecified atom stereocenters. The fraction of sp³-hybridized carbons (Fsp3) is 0.0233. The first-order chi connectivity index (χ1) is 22.3. The standard InChI is InChI=1S/C43H27NO/c1-3-13-28(14-4-1)29-23-25-38-40(27-29)45-42-39(44(38)30-15-5-2-6-16-30)26-24-34-33-19-9-12-22-37(33)43(41(34)42)35-20-10-7-17-31(35)32-18-8-11-21-36(32)43/h1-27H. The van der Waals surface area contributed by atoms with Crippen LogP contribution in [0, 0.1) is 0 Å². The summed E-state index contributed by atoms with van der Waals surface area (Å²) in [6.45, 7) is 0. The molecule has 0 saturated heterocycles. The summed E-state index contributed by atoms with van der Waals surface area (Å²) in [4.78, 5) is 2.37. The van der Waals surface area contributed by atoms with Crippen LogP contribution < -0.4 is 9.64 Å². The van der Waals surface area contributed by atoms with E-state index in [1.165, 1.54) is 50.1 Å². The number of ether oxygens (including phenoxy) is 1. The summed E-state index contributed by atoms with van der Waals surface area (Å²) in [5.41, 5.74) is 15.2. The fourth-order valence-corrected chi connectivity index (χ4v) is 8.11. The van der Waals surface area contributed by atoms with E-state index in [1.807, 2.05) is 0 Å². The molecule has 3 aliphatic rings. The van der Waals surface area contributed by atoms with Crippen molar-refractivity contribution in [3.8, 4) is 44.9 Å². The van der Waals surface area contributed by atoms with Gasteiger partial charge in [0.2, 0.25) is 0 Å². The molecule has 0 amide bonds. The maximum Gasteiger partial charge on any atom is 0.156 e. The Bertz CT molecular complexity index is 2240. The normalized spacial score (nSPS) is 14.1. The molecule has 0 fully saturated rings. The lowest BCUT2D eigenvalue weighted by atomic mass is 9.70. The van der Waals surface area contributed by atoms with Crippen LogP contribution in [-0.4, -0.2) is 0 Å². The van der Waals surface area contributed by atoms with Crippen molar-refractivity contribution in [1.29, 1.82) is 0 Å². The molecule has 0 bridgehead atoms. The number of hydrogen-bond acceptors (Lipinski definition) is 2. The zero-order valence-corrected chi connectivity index (χ0v) is 24.4. The Labute approximate surface area is 262 Å². The Hall–Kier alpha value is -5.86. The van der Waals surface area contributed by atoms with Crippen molar-refractivity contribution in [2.24, 2.45) is 0 Å². The molecule has 10 rings (SSSR count). The van der Waals surface area contributed by atoms with E-state index in [9.17, 15) is 0 Å². The molecule has 0 atom stereocenters. The SMILES string of the molecule is c1ccc(-c2ccc3c(c2)Oc2c(ccc4c2C2(c5ccccc5-c5ccccc52)c2ccccc2-4)N3c2ccccc2)cc1. The zero-order valence-electron chi connectivity index (χ0n) is 24.4. The van der Waals surface area contributed by atoms with Crippen molar-refractivity contribution in [3.63, 3.8) is 0 Å². The third kappa shape index (κ3) is 3.18.